The third-order valence-corrected chi connectivity index (χ3v) is 5.77. The number of aliphatic hydroxyl groups excluding tert-OH is 1. The molecule has 2 aromatic heterocycles. The molecule has 3 heteroatoms. The molecule has 1 aliphatic rings. The number of rotatable bonds is 2. The van der Waals surface area contributed by atoms with Crippen LogP contribution in [0.25, 0.3) is 0 Å². The smallest absolute Gasteiger partial charge is 0.114 e. The van der Waals surface area contributed by atoms with Crippen molar-refractivity contribution >= 4 is 22.7 Å². The lowest BCUT2D eigenvalue weighted by Gasteiger charge is -2.05. The van der Waals surface area contributed by atoms with Crippen molar-refractivity contribution in [3.05, 3.63) is 43.3 Å². The molecule has 0 bridgehead atoms. The van der Waals surface area contributed by atoms with E-state index in [1.165, 1.54) is 47.4 Å². The third-order valence-electron chi connectivity index (χ3n) is 3.60. The zero-order chi connectivity index (χ0) is 12.5. The predicted octanol–water partition coefficient (Wildman–Crippen LogP) is 4.47. The lowest BCUT2D eigenvalue weighted by Crippen LogP contribution is -1.94. The Morgan fingerprint density at radius 2 is 2.00 bits per heavy atom. The van der Waals surface area contributed by atoms with E-state index in [9.17, 15) is 5.11 Å². The summed E-state index contributed by atoms with van der Waals surface area (Å²) in [6, 6.07) is 4.34. The normalized spacial score (nSPS) is 17.2. The van der Waals surface area contributed by atoms with Crippen molar-refractivity contribution in [2.45, 2.75) is 45.1 Å². The first-order valence-corrected chi connectivity index (χ1v) is 8.28. The van der Waals surface area contributed by atoms with Gasteiger partial charge in [0.15, 0.2) is 0 Å². The molecule has 18 heavy (non-hydrogen) atoms. The monoisotopic (exact) mass is 278 g/mol. The molecular formula is C15H18OS2. The maximum atomic E-state index is 10.4. The molecule has 0 fully saturated rings. The second-order valence-electron chi connectivity index (χ2n) is 5.05. The number of thiophene rings is 2. The van der Waals surface area contributed by atoms with Crippen LogP contribution in [0.4, 0.5) is 0 Å². The minimum absolute atomic E-state index is 0.424. The highest BCUT2D eigenvalue weighted by atomic mass is 32.1. The average molecular weight is 278 g/mol. The summed E-state index contributed by atoms with van der Waals surface area (Å²) in [7, 11) is 0. The van der Waals surface area contributed by atoms with Gasteiger partial charge in [0.1, 0.15) is 6.10 Å². The summed E-state index contributed by atoms with van der Waals surface area (Å²) in [5.41, 5.74) is 2.53. The number of hydrogen-bond donors (Lipinski definition) is 1. The molecule has 0 aromatic carbocycles. The minimum atomic E-state index is -0.424. The van der Waals surface area contributed by atoms with E-state index in [4.69, 9.17) is 0 Å². The van der Waals surface area contributed by atoms with Gasteiger partial charge in [0.25, 0.3) is 0 Å². The first-order chi connectivity index (χ1) is 8.74. The van der Waals surface area contributed by atoms with Crippen molar-refractivity contribution in [2.24, 2.45) is 0 Å². The SMILES string of the molecule is Cc1cc(C(O)c2cc3c(s2)CCCCC3)cs1. The second kappa shape index (κ2) is 5.16. The van der Waals surface area contributed by atoms with Crippen LogP contribution in [0.1, 0.15) is 51.1 Å². The van der Waals surface area contributed by atoms with E-state index < -0.39 is 6.10 Å². The van der Waals surface area contributed by atoms with Crippen LogP contribution in [-0.4, -0.2) is 5.11 Å². The lowest BCUT2D eigenvalue weighted by molar-refractivity contribution is 0.224. The van der Waals surface area contributed by atoms with Gasteiger partial charge in [0.2, 0.25) is 0 Å². The van der Waals surface area contributed by atoms with E-state index in [2.05, 4.69) is 24.4 Å². The fourth-order valence-corrected chi connectivity index (χ4v) is 4.59. The van der Waals surface area contributed by atoms with E-state index in [0.29, 0.717) is 0 Å². The van der Waals surface area contributed by atoms with Crippen molar-refractivity contribution in [1.29, 1.82) is 0 Å². The Kier molecular flexibility index (Phi) is 3.55. The standard InChI is InChI=1S/C15H18OS2/c1-10-7-12(9-17-10)15(16)14-8-11-5-3-2-4-6-13(11)18-14/h7-9,15-16H,2-6H2,1H3. The molecule has 1 atom stereocenters. The van der Waals surface area contributed by atoms with Crippen LogP contribution < -0.4 is 0 Å². The van der Waals surface area contributed by atoms with E-state index in [1.54, 1.807) is 11.3 Å². The molecule has 3 rings (SSSR count). The fraction of sp³-hybridized carbons (Fsp3) is 0.467. The van der Waals surface area contributed by atoms with Crippen molar-refractivity contribution < 1.29 is 5.11 Å². The number of aryl methyl sites for hydroxylation is 3. The highest BCUT2D eigenvalue weighted by molar-refractivity contribution is 7.12. The van der Waals surface area contributed by atoms with Gasteiger partial charge in [-0.3, -0.25) is 0 Å². The Morgan fingerprint density at radius 1 is 1.17 bits per heavy atom. The first kappa shape index (κ1) is 12.4. The van der Waals surface area contributed by atoms with Crippen LogP contribution in [-0.2, 0) is 12.8 Å². The Balaban J connectivity index is 1.88. The van der Waals surface area contributed by atoms with Gasteiger partial charge in [0.05, 0.1) is 0 Å². The van der Waals surface area contributed by atoms with Gasteiger partial charge in [-0.05, 0) is 61.2 Å². The molecule has 1 aliphatic carbocycles. The molecule has 1 unspecified atom stereocenters. The van der Waals surface area contributed by atoms with Crippen LogP contribution in [0.2, 0.25) is 0 Å². The fourth-order valence-electron chi connectivity index (χ4n) is 2.60. The summed E-state index contributed by atoms with van der Waals surface area (Å²) in [4.78, 5) is 3.90. The summed E-state index contributed by atoms with van der Waals surface area (Å²) < 4.78 is 0. The lowest BCUT2D eigenvalue weighted by atomic mass is 10.1. The minimum Gasteiger partial charge on any atom is -0.383 e. The summed E-state index contributed by atoms with van der Waals surface area (Å²) in [6.45, 7) is 2.09. The zero-order valence-corrected chi connectivity index (χ0v) is 12.2. The summed E-state index contributed by atoms with van der Waals surface area (Å²) in [5.74, 6) is 0. The van der Waals surface area contributed by atoms with Gasteiger partial charge in [0, 0.05) is 14.6 Å². The van der Waals surface area contributed by atoms with E-state index in [-0.39, 0.29) is 0 Å². The van der Waals surface area contributed by atoms with Gasteiger partial charge in [-0.25, -0.2) is 0 Å². The van der Waals surface area contributed by atoms with E-state index in [1.807, 2.05) is 11.3 Å². The van der Waals surface area contributed by atoms with Gasteiger partial charge < -0.3 is 5.11 Å². The molecule has 96 valence electrons. The topological polar surface area (TPSA) is 20.2 Å². The van der Waals surface area contributed by atoms with Gasteiger partial charge >= 0.3 is 0 Å². The van der Waals surface area contributed by atoms with Crippen molar-refractivity contribution in [1.82, 2.24) is 0 Å². The molecule has 0 radical (unpaired) electrons. The quantitative estimate of drug-likeness (QED) is 0.804. The summed E-state index contributed by atoms with van der Waals surface area (Å²) in [6.07, 6.45) is 5.93. The summed E-state index contributed by atoms with van der Waals surface area (Å²) in [5, 5.41) is 12.5. The largest absolute Gasteiger partial charge is 0.383 e. The molecule has 2 aromatic rings. The Hall–Kier alpha value is -0.640. The maximum absolute atomic E-state index is 10.4. The molecule has 0 aliphatic heterocycles. The number of hydrogen-bond acceptors (Lipinski definition) is 3. The van der Waals surface area contributed by atoms with Crippen LogP contribution >= 0.6 is 22.7 Å². The average Bonchev–Trinajstić information content (AvgIpc) is 2.90. The third kappa shape index (κ3) is 2.40. The predicted molar refractivity (Wildman–Crippen MR) is 78.7 cm³/mol. The van der Waals surface area contributed by atoms with Crippen molar-refractivity contribution in [3.63, 3.8) is 0 Å². The van der Waals surface area contributed by atoms with E-state index >= 15 is 0 Å². The molecule has 0 saturated heterocycles. The molecule has 0 amide bonds. The summed E-state index contributed by atoms with van der Waals surface area (Å²) >= 11 is 3.53. The Labute approximate surface area is 116 Å². The highest BCUT2D eigenvalue weighted by Gasteiger charge is 2.18. The zero-order valence-electron chi connectivity index (χ0n) is 10.6. The molecular weight excluding hydrogens is 260 g/mol. The van der Waals surface area contributed by atoms with Crippen LogP contribution in [0.5, 0.6) is 0 Å². The maximum Gasteiger partial charge on any atom is 0.114 e. The number of fused-ring (bicyclic) bond motifs is 1. The molecule has 0 saturated carbocycles. The first-order valence-electron chi connectivity index (χ1n) is 6.58. The van der Waals surface area contributed by atoms with Crippen molar-refractivity contribution in [3.8, 4) is 0 Å². The van der Waals surface area contributed by atoms with Gasteiger partial charge in [-0.1, -0.05) is 6.42 Å². The molecule has 1 N–H and O–H groups in total. The second-order valence-corrected chi connectivity index (χ2v) is 7.33. The molecule has 0 spiro atoms. The molecule has 1 nitrogen and oxygen atoms in total. The van der Waals surface area contributed by atoms with Gasteiger partial charge in [-0.2, -0.15) is 0 Å². The number of aliphatic hydroxyl groups is 1. The van der Waals surface area contributed by atoms with Crippen LogP contribution in [0, 0.1) is 6.92 Å². The van der Waals surface area contributed by atoms with Crippen LogP contribution in [0.3, 0.4) is 0 Å². The Bertz CT molecular complexity index is 515. The Morgan fingerprint density at radius 3 is 2.78 bits per heavy atom. The van der Waals surface area contributed by atoms with E-state index in [0.717, 1.165) is 10.4 Å². The highest BCUT2D eigenvalue weighted by Crippen LogP contribution is 2.35. The molecule has 2 heterocycles. The van der Waals surface area contributed by atoms with Crippen molar-refractivity contribution in [2.75, 3.05) is 0 Å². The van der Waals surface area contributed by atoms with Gasteiger partial charge in [-0.15, -0.1) is 22.7 Å². The van der Waals surface area contributed by atoms with Crippen LogP contribution in [0.15, 0.2) is 17.5 Å².